The van der Waals surface area contributed by atoms with Gasteiger partial charge >= 0.3 is 0 Å². The highest BCUT2D eigenvalue weighted by molar-refractivity contribution is 5.81. The summed E-state index contributed by atoms with van der Waals surface area (Å²) in [6, 6.07) is 14.6. The summed E-state index contributed by atoms with van der Waals surface area (Å²) < 4.78 is 6.11. The predicted molar refractivity (Wildman–Crippen MR) is 126 cm³/mol. The highest BCUT2D eigenvalue weighted by Crippen LogP contribution is 2.35. The van der Waals surface area contributed by atoms with Crippen LogP contribution in [0.1, 0.15) is 63.8 Å². The fourth-order valence-corrected chi connectivity index (χ4v) is 4.39. The van der Waals surface area contributed by atoms with Crippen LogP contribution in [-0.2, 0) is 4.79 Å². The molecule has 0 aliphatic carbocycles. The third kappa shape index (κ3) is 4.76. The molecule has 0 spiro atoms. The van der Waals surface area contributed by atoms with Crippen LogP contribution in [0.3, 0.4) is 0 Å². The van der Waals surface area contributed by atoms with Crippen molar-refractivity contribution in [1.82, 2.24) is 9.88 Å². The number of anilines is 1. The molecule has 1 saturated heterocycles. The van der Waals surface area contributed by atoms with Crippen molar-refractivity contribution >= 4 is 22.7 Å². The minimum absolute atomic E-state index is 0.0334. The van der Waals surface area contributed by atoms with Crippen molar-refractivity contribution in [2.75, 3.05) is 25.5 Å². The van der Waals surface area contributed by atoms with Gasteiger partial charge in [0.05, 0.1) is 0 Å². The van der Waals surface area contributed by atoms with E-state index in [9.17, 15) is 4.79 Å². The quantitative estimate of drug-likeness (QED) is 0.408. The van der Waals surface area contributed by atoms with E-state index in [2.05, 4.69) is 48.2 Å². The zero-order valence-corrected chi connectivity index (χ0v) is 18.9. The Morgan fingerprint density at radius 2 is 1.87 bits per heavy atom. The molecule has 0 saturated carbocycles. The number of fused-ring (bicyclic) bond motifs is 1. The van der Waals surface area contributed by atoms with E-state index in [1.807, 2.05) is 25.1 Å². The molecule has 5 nitrogen and oxygen atoms in total. The van der Waals surface area contributed by atoms with E-state index < -0.39 is 0 Å². The number of likely N-dealkylation sites (tertiary alicyclic amines) is 1. The molecule has 3 aromatic rings. The van der Waals surface area contributed by atoms with Crippen molar-refractivity contribution in [1.29, 1.82) is 0 Å². The third-order valence-electron chi connectivity index (χ3n) is 6.22. The number of hydrogen-bond donors (Lipinski definition) is 0. The molecule has 2 heterocycles. The molecule has 5 heteroatoms. The molecule has 31 heavy (non-hydrogen) atoms. The number of amides is 1. The Balaban J connectivity index is 1.51. The lowest BCUT2D eigenvalue weighted by molar-refractivity contribution is -0.132. The number of nitrogens with zero attached hydrogens (tertiary/aromatic N) is 3. The molecular formula is C26H33N3O2. The summed E-state index contributed by atoms with van der Waals surface area (Å²) in [5.41, 5.74) is 5.08. The van der Waals surface area contributed by atoms with E-state index >= 15 is 0 Å². The first-order valence-electron chi connectivity index (χ1n) is 11.5. The molecule has 1 amide bonds. The fraction of sp³-hybridized carbons (Fsp3) is 0.462. The van der Waals surface area contributed by atoms with Crippen molar-refractivity contribution in [2.24, 2.45) is 0 Å². The van der Waals surface area contributed by atoms with Crippen molar-refractivity contribution in [3.8, 4) is 11.1 Å². The van der Waals surface area contributed by atoms with Crippen LogP contribution in [0.5, 0.6) is 0 Å². The standard InChI is InChI=1S/C26H33N3O2/c1-4-5-6-7-10-25(30)29-17-8-9-23(29)26-27-22-18-20(13-16-24(22)31-26)19-11-14-21(15-12-19)28(2)3/h11-16,18,23H,4-10,17H2,1-3H3/t23-/m1/s1. The van der Waals surface area contributed by atoms with E-state index in [1.165, 1.54) is 18.5 Å². The largest absolute Gasteiger partial charge is 0.438 e. The lowest BCUT2D eigenvalue weighted by Crippen LogP contribution is -2.30. The first kappa shape index (κ1) is 21.4. The zero-order chi connectivity index (χ0) is 21.8. The first-order chi connectivity index (χ1) is 15.1. The lowest BCUT2D eigenvalue weighted by Gasteiger charge is -2.22. The van der Waals surface area contributed by atoms with Gasteiger partial charge < -0.3 is 14.2 Å². The molecule has 1 aliphatic rings. The van der Waals surface area contributed by atoms with Crippen molar-refractivity contribution in [3.05, 3.63) is 48.4 Å². The minimum atomic E-state index is -0.0334. The number of hydrogen-bond acceptors (Lipinski definition) is 4. The van der Waals surface area contributed by atoms with Gasteiger partial charge in [-0.1, -0.05) is 44.4 Å². The van der Waals surface area contributed by atoms with E-state index in [4.69, 9.17) is 9.40 Å². The zero-order valence-electron chi connectivity index (χ0n) is 18.9. The average Bonchev–Trinajstić information content (AvgIpc) is 3.43. The van der Waals surface area contributed by atoms with Crippen LogP contribution >= 0.6 is 0 Å². The van der Waals surface area contributed by atoms with Crippen molar-refractivity contribution in [3.63, 3.8) is 0 Å². The molecule has 164 valence electrons. The molecule has 1 fully saturated rings. The summed E-state index contributed by atoms with van der Waals surface area (Å²) in [4.78, 5) is 21.7. The number of rotatable bonds is 8. The highest BCUT2D eigenvalue weighted by Gasteiger charge is 2.33. The summed E-state index contributed by atoms with van der Waals surface area (Å²) in [6.07, 6.45) is 7.04. The van der Waals surface area contributed by atoms with E-state index in [0.29, 0.717) is 12.3 Å². The monoisotopic (exact) mass is 419 g/mol. The average molecular weight is 420 g/mol. The van der Waals surface area contributed by atoms with Crippen LogP contribution in [-0.4, -0.2) is 36.4 Å². The molecular weight excluding hydrogens is 386 g/mol. The topological polar surface area (TPSA) is 49.6 Å². The normalized spacial score (nSPS) is 16.2. The number of carbonyl (C=O) groups is 1. The molecule has 2 aromatic carbocycles. The summed E-state index contributed by atoms with van der Waals surface area (Å²) in [7, 11) is 4.08. The van der Waals surface area contributed by atoms with Gasteiger partial charge in [0.25, 0.3) is 0 Å². The van der Waals surface area contributed by atoms with Gasteiger partial charge in [-0.05, 0) is 54.7 Å². The second-order valence-corrected chi connectivity index (χ2v) is 8.73. The summed E-state index contributed by atoms with van der Waals surface area (Å²) in [5.74, 6) is 0.914. The Hall–Kier alpha value is -2.82. The second-order valence-electron chi connectivity index (χ2n) is 8.73. The van der Waals surface area contributed by atoms with Gasteiger partial charge in [-0.2, -0.15) is 0 Å². The van der Waals surface area contributed by atoms with Gasteiger partial charge in [-0.3, -0.25) is 4.79 Å². The van der Waals surface area contributed by atoms with Gasteiger partial charge in [-0.25, -0.2) is 4.98 Å². The molecule has 0 N–H and O–H groups in total. The second kappa shape index (κ2) is 9.54. The van der Waals surface area contributed by atoms with Gasteiger partial charge in [0.15, 0.2) is 5.58 Å². The predicted octanol–water partition coefficient (Wildman–Crippen LogP) is 6.19. The van der Waals surface area contributed by atoms with Gasteiger partial charge in [0, 0.05) is 32.7 Å². The Morgan fingerprint density at radius 3 is 2.61 bits per heavy atom. The molecule has 0 radical (unpaired) electrons. The van der Waals surface area contributed by atoms with Crippen LogP contribution in [0.4, 0.5) is 5.69 Å². The fourth-order valence-electron chi connectivity index (χ4n) is 4.39. The molecule has 1 aliphatic heterocycles. The Bertz CT molecular complexity index is 1020. The number of aromatic nitrogens is 1. The van der Waals surface area contributed by atoms with Gasteiger partial charge in [-0.15, -0.1) is 0 Å². The minimum Gasteiger partial charge on any atom is -0.438 e. The van der Waals surface area contributed by atoms with E-state index in [0.717, 1.165) is 54.5 Å². The third-order valence-corrected chi connectivity index (χ3v) is 6.22. The maximum Gasteiger partial charge on any atom is 0.223 e. The smallest absolute Gasteiger partial charge is 0.223 e. The molecule has 4 rings (SSSR count). The SMILES string of the molecule is CCCCCCC(=O)N1CCC[C@@H]1c1nc2cc(-c3ccc(N(C)C)cc3)ccc2o1. The van der Waals surface area contributed by atoms with Crippen LogP contribution in [0, 0.1) is 0 Å². The Morgan fingerprint density at radius 1 is 1.10 bits per heavy atom. The maximum absolute atomic E-state index is 12.8. The molecule has 0 unspecified atom stereocenters. The highest BCUT2D eigenvalue weighted by atomic mass is 16.3. The van der Waals surface area contributed by atoms with Gasteiger partial charge in [0.1, 0.15) is 11.6 Å². The van der Waals surface area contributed by atoms with E-state index in [-0.39, 0.29) is 11.9 Å². The van der Waals surface area contributed by atoms with Crippen LogP contribution in [0.15, 0.2) is 46.9 Å². The Kier molecular flexibility index (Phi) is 6.59. The van der Waals surface area contributed by atoms with Crippen LogP contribution in [0.2, 0.25) is 0 Å². The first-order valence-corrected chi connectivity index (χ1v) is 11.5. The molecule has 1 aromatic heterocycles. The maximum atomic E-state index is 12.8. The number of carbonyl (C=O) groups excluding carboxylic acids is 1. The Labute approximate surface area is 185 Å². The van der Waals surface area contributed by atoms with Crippen molar-refractivity contribution < 1.29 is 9.21 Å². The molecule has 0 bridgehead atoms. The van der Waals surface area contributed by atoms with E-state index in [1.54, 1.807) is 0 Å². The number of benzene rings is 2. The van der Waals surface area contributed by atoms with Gasteiger partial charge in [0.2, 0.25) is 11.8 Å². The van der Waals surface area contributed by atoms with Crippen LogP contribution in [0.25, 0.3) is 22.2 Å². The summed E-state index contributed by atoms with van der Waals surface area (Å²) in [5, 5.41) is 0. The number of unbranched alkanes of at least 4 members (excludes halogenated alkanes) is 3. The molecule has 1 atom stereocenters. The lowest BCUT2D eigenvalue weighted by atomic mass is 10.0. The van der Waals surface area contributed by atoms with Crippen LogP contribution < -0.4 is 4.90 Å². The summed E-state index contributed by atoms with van der Waals surface area (Å²) >= 11 is 0. The summed E-state index contributed by atoms with van der Waals surface area (Å²) in [6.45, 7) is 3.00. The number of oxazole rings is 1. The van der Waals surface area contributed by atoms with Crippen molar-refractivity contribution in [2.45, 2.75) is 57.9 Å².